The van der Waals surface area contributed by atoms with Crippen LogP contribution in [0.5, 0.6) is 0 Å². The summed E-state index contributed by atoms with van der Waals surface area (Å²) in [5, 5.41) is 16.0. The number of fused-ring (bicyclic) bond motifs is 1. The molecule has 6 N–H and O–H groups in total. The number of nitrogens with zero attached hydrogens (tertiary/aromatic N) is 2. The molecule has 39 heavy (non-hydrogen) atoms. The predicted molar refractivity (Wildman–Crippen MR) is 145 cm³/mol. The van der Waals surface area contributed by atoms with E-state index in [1.54, 1.807) is 32.0 Å². The molecule has 3 amide bonds. The maximum Gasteiger partial charge on any atom is 0.270 e. The van der Waals surface area contributed by atoms with Gasteiger partial charge >= 0.3 is 0 Å². The van der Waals surface area contributed by atoms with Crippen LogP contribution in [0.15, 0.2) is 36.4 Å². The number of aromatic nitrogens is 1. The van der Waals surface area contributed by atoms with Gasteiger partial charge in [-0.05, 0) is 43.7 Å². The molecule has 1 saturated heterocycles. The number of nitrogens with two attached hydrogens (primary N) is 1. The van der Waals surface area contributed by atoms with Crippen LogP contribution in [0.3, 0.4) is 0 Å². The summed E-state index contributed by atoms with van der Waals surface area (Å²) in [5.41, 5.74) is 6.07. The lowest BCUT2D eigenvalue weighted by Crippen LogP contribution is -2.56. The van der Waals surface area contributed by atoms with Crippen molar-refractivity contribution in [3.8, 4) is 0 Å². The zero-order valence-corrected chi connectivity index (χ0v) is 22.2. The highest BCUT2D eigenvalue weighted by atomic mass is 19.1. The molecule has 1 unspecified atom stereocenters. The average molecular weight is 542 g/mol. The third-order valence-electron chi connectivity index (χ3n) is 6.71. The number of pyridine rings is 1. The maximum absolute atomic E-state index is 13.6. The summed E-state index contributed by atoms with van der Waals surface area (Å²) in [6.07, 6.45) is 1.47. The molecule has 0 spiro atoms. The van der Waals surface area contributed by atoms with Gasteiger partial charge in [-0.2, -0.15) is 0 Å². The number of carbonyl (C=O) groups excluding carboxylic acids is 4. The Kier molecular flexibility index (Phi) is 10.3. The van der Waals surface area contributed by atoms with Crippen molar-refractivity contribution in [1.82, 2.24) is 25.8 Å². The van der Waals surface area contributed by atoms with E-state index in [-0.39, 0.29) is 30.5 Å². The molecule has 0 bridgehead atoms. The number of Topliss-reactive ketones (excluding diaryl/α,β-unsaturated/α-hetero) is 1. The number of ketones is 1. The molecule has 1 aromatic heterocycles. The Labute approximate surface area is 226 Å². The molecule has 0 saturated carbocycles. The Morgan fingerprint density at radius 2 is 1.90 bits per heavy atom. The van der Waals surface area contributed by atoms with E-state index in [1.807, 2.05) is 18.2 Å². The number of hydrogen-bond donors (Lipinski definition) is 5. The molecule has 12 heteroatoms. The van der Waals surface area contributed by atoms with Crippen molar-refractivity contribution in [3.05, 3.63) is 42.1 Å². The lowest BCUT2D eigenvalue weighted by molar-refractivity contribution is -0.141. The molecule has 210 valence electrons. The summed E-state index contributed by atoms with van der Waals surface area (Å²) >= 11 is 0. The van der Waals surface area contributed by atoms with Crippen molar-refractivity contribution in [2.45, 2.75) is 57.7 Å². The number of benzene rings is 1. The van der Waals surface area contributed by atoms with Gasteiger partial charge in [0.25, 0.3) is 5.91 Å². The van der Waals surface area contributed by atoms with Crippen molar-refractivity contribution in [2.24, 2.45) is 11.7 Å². The van der Waals surface area contributed by atoms with Crippen LogP contribution in [0.1, 0.15) is 50.0 Å². The number of halogens is 1. The number of para-hydroxylation sites is 1. The summed E-state index contributed by atoms with van der Waals surface area (Å²) in [4.78, 5) is 57.7. The van der Waals surface area contributed by atoms with E-state index in [1.165, 1.54) is 4.90 Å². The number of hydrogen-bond acceptors (Lipinski definition) is 6. The first-order chi connectivity index (χ1) is 18.6. The highest BCUT2D eigenvalue weighted by Gasteiger charge is 2.39. The van der Waals surface area contributed by atoms with Crippen LogP contribution in [0, 0.1) is 11.3 Å². The van der Waals surface area contributed by atoms with Crippen LogP contribution < -0.4 is 21.7 Å². The van der Waals surface area contributed by atoms with Crippen LogP contribution in [0.4, 0.5) is 4.39 Å². The van der Waals surface area contributed by atoms with Gasteiger partial charge < -0.3 is 26.6 Å². The minimum Gasteiger partial charge on any atom is -0.370 e. The lowest BCUT2D eigenvalue weighted by atomic mass is 10.0. The second-order valence-corrected chi connectivity index (χ2v) is 9.92. The first kappa shape index (κ1) is 29.5. The van der Waals surface area contributed by atoms with Gasteiger partial charge in [0, 0.05) is 18.5 Å². The Bertz CT molecular complexity index is 1220. The van der Waals surface area contributed by atoms with Gasteiger partial charge in [0.2, 0.25) is 11.8 Å². The van der Waals surface area contributed by atoms with Gasteiger partial charge in [0.15, 0.2) is 11.7 Å². The van der Waals surface area contributed by atoms with Crippen LogP contribution >= 0.6 is 0 Å². The summed E-state index contributed by atoms with van der Waals surface area (Å²) in [6, 6.07) is 7.96. The van der Waals surface area contributed by atoms with Crippen LogP contribution in [0.2, 0.25) is 0 Å². The van der Waals surface area contributed by atoms with Crippen LogP contribution in [-0.4, -0.2) is 77.2 Å². The molecular formula is C27H36FN7O4. The topological polar surface area (TPSA) is 170 Å². The quantitative estimate of drug-likeness (QED) is 0.153. The van der Waals surface area contributed by atoms with Gasteiger partial charge in [-0.3, -0.25) is 24.6 Å². The minimum absolute atomic E-state index is 0.152. The Balaban J connectivity index is 1.68. The number of nitrogens with one attached hydrogen (secondary N) is 4. The van der Waals surface area contributed by atoms with Crippen molar-refractivity contribution in [2.75, 3.05) is 19.8 Å². The van der Waals surface area contributed by atoms with Crippen molar-refractivity contribution >= 4 is 40.4 Å². The molecule has 11 nitrogen and oxygen atoms in total. The van der Waals surface area contributed by atoms with Crippen molar-refractivity contribution in [3.63, 3.8) is 0 Å². The SMILES string of the molecule is CC(C)C(NC(=O)c1ccc2ccccc2n1)C(=O)N1CCC[C@H]1C(=O)N[C@@H](CCCNC(=N)N)C(=O)CF. The van der Waals surface area contributed by atoms with Crippen LogP contribution in [-0.2, 0) is 14.4 Å². The smallest absolute Gasteiger partial charge is 0.270 e. The molecule has 0 aliphatic carbocycles. The summed E-state index contributed by atoms with van der Waals surface area (Å²) < 4.78 is 13.2. The molecule has 1 aromatic carbocycles. The Hall–Kier alpha value is -4.09. The number of likely N-dealkylation sites (tertiary alicyclic amines) is 1. The highest BCUT2D eigenvalue weighted by molar-refractivity contribution is 5.99. The second kappa shape index (κ2) is 13.6. The van der Waals surface area contributed by atoms with E-state index < -0.39 is 48.3 Å². The third kappa shape index (κ3) is 7.71. The van der Waals surface area contributed by atoms with Gasteiger partial charge in [0.05, 0.1) is 11.6 Å². The lowest BCUT2D eigenvalue weighted by Gasteiger charge is -2.31. The van der Waals surface area contributed by atoms with E-state index in [4.69, 9.17) is 11.1 Å². The van der Waals surface area contributed by atoms with Crippen molar-refractivity contribution < 1.29 is 23.6 Å². The van der Waals surface area contributed by atoms with Gasteiger partial charge in [-0.1, -0.05) is 38.1 Å². The summed E-state index contributed by atoms with van der Waals surface area (Å²) in [5.74, 6) is -2.72. The molecule has 1 aliphatic rings. The number of carbonyl (C=O) groups is 4. The summed E-state index contributed by atoms with van der Waals surface area (Å²) in [6.45, 7) is 2.97. The van der Waals surface area contributed by atoms with E-state index in [0.717, 1.165) is 5.39 Å². The molecule has 2 heterocycles. The second-order valence-electron chi connectivity index (χ2n) is 9.92. The number of rotatable bonds is 12. The average Bonchev–Trinajstić information content (AvgIpc) is 3.42. The first-order valence-electron chi connectivity index (χ1n) is 13.1. The Morgan fingerprint density at radius 1 is 1.15 bits per heavy atom. The fourth-order valence-electron chi connectivity index (χ4n) is 4.61. The predicted octanol–water partition coefficient (Wildman–Crippen LogP) is 1.27. The van der Waals surface area contributed by atoms with Gasteiger partial charge in [-0.25, -0.2) is 9.37 Å². The fourth-order valence-corrected chi connectivity index (χ4v) is 4.61. The molecule has 3 rings (SSSR count). The van der Waals surface area contributed by atoms with Crippen LogP contribution in [0.25, 0.3) is 10.9 Å². The zero-order valence-electron chi connectivity index (χ0n) is 22.2. The minimum atomic E-state index is -1.23. The normalized spacial score (nSPS) is 16.5. The largest absolute Gasteiger partial charge is 0.370 e. The summed E-state index contributed by atoms with van der Waals surface area (Å²) in [7, 11) is 0. The van der Waals surface area contributed by atoms with E-state index in [9.17, 15) is 23.6 Å². The van der Waals surface area contributed by atoms with Gasteiger partial charge in [0.1, 0.15) is 24.5 Å². The fraction of sp³-hybridized carbons (Fsp3) is 0.481. The number of amides is 3. The number of guanidine groups is 1. The molecular weight excluding hydrogens is 505 g/mol. The zero-order chi connectivity index (χ0) is 28.5. The highest BCUT2D eigenvalue weighted by Crippen LogP contribution is 2.21. The van der Waals surface area contributed by atoms with Crippen molar-refractivity contribution in [1.29, 1.82) is 5.41 Å². The van der Waals surface area contributed by atoms with E-state index in [0.29, 0.717) is 31.3 Å². The molecule has 1 aliphatic heterocycles. The standard InChI is InChI=1S/C27H36FN7O4/c1-16(2)23(34-24(37)20-12-11-17-7-3-4-8-18(17)32-20)26(39)35-14-6-10-21(35)25(38)33-19(22(36)15-28)9-5-13-31-27(29)30/h3-4,7-8,11-12,16,19,21,23H,5-6,9-10,13-15H2,1-2H3,(H,33,38)(H,34,37)(H4,29,30,31)/t19-,21-,23?/m0/s1. The van der Waals surface area contributed by atoms with Gasteiger partial charge in [-0.15, -0.1) is 0 Å². The molecule has 2 aromatic rings. The Morgan fingerprint density at radius 3 is 2.59 bits per heavy atom. The van der Waals surface area contributed by atoms with E-state index >= 15 is 0 Å². The third-order valence-corrected chi connectivity index (χ3v) is 6.71. The monoisotopic (exact) mass is 541 g/mol. The molecule has 1 fully saturated rings. The van der Waals surface area contributed by atoms with E-state index in [2.05, 4.69) is 20.9 Å². The molecule has 0 radical (unpaired) electrons. The maximum atomic E-state index is 13.6. The molecule has 3 atom stereocenters. The number of alkyl halides is 1. The first-order valence-corrected chi connectivity index (χ1v) is 13.1.